The van der Waals surface area contributed by atoms with E-state index in [0.29, 0.717) is 6.54 Å². The third kappa shape index (κ3) is 3.29. The van der Waals surface area contributed by atoms with Crippen molar-refractivity contribution in [3.8, 4) is 0 Å². The lowest BCUT2D eigenvalue weighted by molar-refractivity contribution is 0.0473. The van der Waals surface area contributed by atoms with Crippen LogP contribution in [0.15, 0.2) is 84.9 Å². The molecule has 4 rings (SSSR count). The molecule has 0 radical (unpaired) electrons. The molecule has 1 aliphatic rings. The first-order valence-corrected chi connectivity index (χ1v) is 10.0. The normalized spacial score (nSPS) is 18.5. The minimum atomic E-state index is -0.532. The molecule has 0 spiro atoms. The number of rotatable bonds is 6. The topological polar surface area (TPSA) is 32.3 Å². The molecule has 0 fully saturated rings. The number of hydrogen-bond acceptors (Lipinski definition) is 2. The summed E-state index contributed by atoms with van der Waals surface area (Å²) in [5.41, 5.74) is 3.51. The Morgan fingerprint density at radius 3 is 2.21 bits per heavy atom. The average molecular weight is 370 g/mol. The largest absolute Gasteiger partial charge is 0.358 e. The van der Waals surface area contributed by atoms with Crippen molar-refractivity contribution in [2.45, 2.75) is 31.8 Å². The predicted molar refractivity (Wildman–Crippen MR) is 114 cm³/mol. The van der Waals surface area contributed by atoms with Gasteiger partial charge in [-0.1, -0.05) is 86.1 Å². The Balaban J connectivity index is 1.78. The van der Waals surface area contributed by atoms with Crippen molar-refractivity contribution in [1.82, 2.24) is 4.90 Å². The van der Waals surface area contributed by atoms with Crippen molar-refractivity contribution in [3.63, 3.8) is 0 Å². The third-order valence-corrected chi connectivity index (χ3v) is 5.53. The number of benzene rings is 3. The number of nitrogens with one attached hydrogen (secondary N) is 1. The molecule has 3 aromatic rings. The molecule has 1 aliphatic heterocycles. The van der Waals surface area contributed by atoms with Crippen LogP contribution in [0, 0.1) is 0 Å². The van der Waals surface area contributed by atoms with E-state index in [1.807, 2.05) is 41.3 Å². The monoisotopic (exact) mass is 370 g/mol. The standard InChI is InChI=1S/C25H26N2O/c1-2-18-25(21-13-7-4-8-14-21)26-23-16-10-9-15-22(23)24(28)27(25)19-17-20-11-5-3-6-12-20/h3-16,26H,2,17-19H2,1H3. The van der Waals surface area contributed by atoms with Gasteiger partial charge in [-0.2, -0.15) is 0 Å². The first-order valence-electron chi connectivity index (χ1n) is 10.0. The van der Waals surface area contributed by atoms with Crippen LogP contribution in [0.1, 0.15) is 41.3 Å². The van der Waals surface area contributed by atoms with Crippen molar-refractivity contribution >= 4 is 11.6 Å². The van der Waals surface area contributed by atoms with Gasteiger partial charge in [-0.15, -0.1) is 0 Å². The fourth-order valence-corrected chi connectivity index (χ4v) is 4.21. The maximum absolute atomic E-state index is 13.6. The molecule has 1 N–H and O–H groups in total. The van der Waals surface area contributed by atoms with E-state index >= 15 is 0 Å². The van der Waals surface area contributed by atoms with Crippen molar-refractivity contribution in [3.05, 3.63) is 102 Å². The Hall–Kier alpha value is -3.07. The summed E-state index contributed by atoms with van der Waals surface area (Å²) in [5, 5.41) is 3.75. The zero-order valence-corrected chi connectivity index (χ0v) is 16.3. The van der Waals surface area contributed by atoms with Gasteiger partial charge in [0.25, 0.3) is 5.91 Å². The van der Waals surface area contributed by atoms with E-state index in [2.05, 4.69) is 60.8 Å². The van der Waals surface area contributed by atoms with Gasteiger partial charge in [-0.05, 0) is 36.1 Å². The molecule has 28 heavy (non-hydrogen) atoms. The summed E-state index contributed by atoms with van der Waals surface area (Å²) in [6, 6.07) is 28.6. The van der Waals surface area contributed by atoms with Crippen LogP contribution in [0.25, 0.3) is 0 Å². The first-order chi connectivity index (χ1) is 13.7. The maximum Gasteiger partial charge on any atom is 0.258 e. The van der Waals surface area contributed by atoms with Crippen LogP contribution < -0.4 is 5.32 Å². The number of carbonyl (C=O) groups is 1. The summed E-state index contributed by atoms with van der Waals surface area (Å²) in [7, 11) is 0. The summed E-state index contributed by atoms with van der Waals surface area (Å²) >= 11 is 0. The summed E-state index contributed by atoms with van der Waals surface area (Å²) < 4.78 is 0. The van der Waals surface area contributed by atoms with E-state index in [-0.39, 0.29) is 5.91 Å². The van der Waals surface area contributed by atoms with Crippen molar-refractivity contribution in [2.24, 2.45) is 0 Å². The molecule has 0 saturated carbocycles. The molecule has 0 aromatic heterocycles. The van der Waals surface area contributed by atoms with E-state index in [1.165, 1.54) is 5.56 Å². The van der Waals surface area contributed by atoms with Crippen LogP contribution in [0.4, 0.5) is 5.69 Å². The molecule has 1 atom stereocenters. The fourth-order valence-electron chi connectivity index (χ4n) is 4.21. The molecule has 0 bridgehead atoms. The number of carbonyl (C=O) groups excluding carboxylic acids is 1. The van der Waals surface area contributed by atoms with E-state index in [9.17, 15) is 4.79 Å². The lowest BCUT2D eigenvalue weighted by Gasteiger charge is -2.49. The number of fused-ring (bicyclic) bond motifs is 1. The summed E-state index contributed by atoms with van der Waals surface area (Å²) in [6.45, 7) is 2.84. The number of para-hydroxylation sites is 1. The second kappa shape index (κ2) is 7.89. The van der Waals surface area contributed by atoms with E-state index in [0.717, 1.165) is 36.1 Å². The smallest absolute Gasteiger partial charge is 0.258 e. The van der Waals surface area contributed by atoms with Gasteiger partial charge in [0.05, 0.1) is 5.56 Å². The van der Waals surface area contributed by atoms with Crippen LogP contribution in [-0.2, 0) is 12.1 Å². The highest BCUT2D eigenvalue weighted by Gasteiger charge is 2.44. The molecule has 1 unspecified atom stereocenters. The summed E-state index contributed by atoms with van der Waals surface area (Å²) in [4.78, 5) is 15.6. The van der Waals surface area contributed by atoms with Gasteiger partial charge in [0.1, 0.15) is 5.66 Å². The molecule has 3 nitrogen and oxygen atoms in total. The van der Waals surface area contributed by atoms with E-state index < -0.39 is 5.66 Å². The number of hydrogen-bond donors (Lipinski definition) is 1. The summed E-state index contributed by atoms with van der Waals surface area (Å²) in [5.74, 6) is 0.0996. The van der Waals surface area contributed by atoms with E-state index in [1.54, 1.807) is 0 Å². The fraction of sp³-hybridized carbons (Fsp3) is 0.240. The van der Waals surface area contributed by atoms with Gasteiger partial charge in [0.15, 0.2) is 0 Å². The van der Waals surface area contributed by atoms with Crippen LogP contribution >= 0.6 is 0 Å². The highest BCUT2D eigenvalue weighted by molar-refractivity contribution is 6.02. The highest BCUT2D eigenvalue weighted by atomic mass is 16.2. The van der Waals surface area contributed by atoms with Gasteiger partial charge < -0.3 is 10.2 Å². The number of anilines is 1. The molecular weight excluding hydrogens is 344 g/mol. The SMILES string of the molecule is CCCC1(c2ccccc2)Nc2ccccc2C(=O)N1CCc1ccccc1. The quantitative estimate of drug-likeness (QED) is 0.626. The highest BCUT2D eigenvalue weighted by Crippen LogP contribution is 2.41. The lowest BCUT2D eigenvalue weighted by atomic mass is 9.88. The molecule has 3 heteroatoms. The predicted octanol–water partition coefficient (Wildman–Crippen LogP) is 5.45. The Labute approximate surface area is 167 Å². The van der Waals surface area contributed by atoms with Gasteiger partial charge in [0, 0.05) is 12.2 Å². The van der Waals surface area contributed by atoms with Gasteiger partial charge in [-0.25, -0.2) is 0 Å². The van der Waals surface area contributed by atoms with Crippen molar-refractivity contribution in [2.75, 3.05) is 11.9 Å². The molecule has 1 heterocycles. The molecule has 1 amide bonds. The second-order valence-electron chi connectivity index (χ2n) is 7.34. The molecule has 0 saturated heterocycles. The average Bonchev–Trinajstić information content (AvgIpc) is 2.75. The third-order valence-electron chi connectivity index (χ3n) is 5.53. The van der Waals surface area contributed by atoms with Crippen LogP contribution in [-0.4, -0.2) is 17.4 Å². The molecule has 142 valence electrons. The Kier molecular flexibility index (Phi) is 5.16. The van der Waals surface area contributed by atoms with Crippen molar-refractivity contribution < 1.29 is 4.79 Å². The van der Waals surface area contributed by atoms with Gasteiger partial charge >= 0.3 is 0 Å². The number of amides is 1. The zero-order valence-electron chi connectivity index (χ0n) is 16.3. The zero-order chi connectivity index (χ0) is 19.4. The maximum atomic E-state index is 13.6. The molecular formula is C25H26N2O. The Bertz CT molecular complexity index is 939. The Morgan fingerprint density at radius 1 is 0.857 bits per heavy atom. The molecule has 3 aromatic carbocycles. The van der Waals surface area contributed by atoms with Gasteiger partial charge in [0.2, 0.25) is 0 Å². The Morgan fingerprint density at radius 2 is 1.50 bits per heavy atom. The molecule has 0 aliphatic carbocycles. The van der Waals surface area contributed by atoms with Crippen LogP contribution in [0.2, 0.25) is 0 Å². The first kappa shape index (κ1) is 18.3. The van der Waals surface area contributed by atoms with Crippen LogP contribution in [0.5, 0.6) is 0 Å². The van der Waals surface area contributed by atoms with E-state index in [4.69, 9.17) is 0 Å². The van der Waals surface area contributed by atoms with Crippen LogP contribution in [0.3, 0.4) is 0 Å². The minimum absolute atomic E-state index is 0.0996. The second-order valence-corrected chi connectivity index (χ2v) is 7.34. The van der Waals surface area contributed by atoms with Crippen molar-refractivity contribution in [1.29, 1.82) is 0 Å². The minimum Gasteiger partial charge on any atom is -0.358 e. The summed E-state index contributed by atoms with van der Waals surface area (Å²) in [6.07, 6.45) is 2.65. The number of nitrogens with zero attached hydrogens (tertiary/aromatic N) is 1. The lowest BCUT2D eigenvalue weighted by Crippen LogP contribution is -2.58. The van der Waals surface area contributed by atoms with Gasteiger partial charge in [-0.3, -0.25) is 4.79 Å².